The van der Waals surface area contributed by atoms with Gasteiger partial charge in [0.2, 0.25) is 21.8 Å². The van der Waals surface area contributed by atoms with Gasteiger partial charge in [-0.2, -0.15) is 4.31 Å². The normalized spacial score (nSPS) is 14.9. The van der Waals surface area contributed by atoms with Crippen LogP contribution in [0.4, 0.5) is 17.1 Å². The zero-order valence-electron chi connectivity index (χ0n) is 18.7. The second kappa shape index (κ2) is 10.1. The van der Waals surface area contributed by atoms with Crippen LogP contribution < -0.4 is 15.5 Å². The van der Waals surface area contributed by atoms with Crippen molar-refractivity contribution in [2.45, 2.75) is 20.8 Å². The molecule has 1 aliphatic heterocycles. The van der Waals surface area contributed by atoms with Gasteiger partial charge < -0.3 is 15.5 Å². The zero-order valence-corrected chi connectivity index (χ0v) is 19.5. The van der Waals surface area contributed by atoms with Crippen molar-refractivity contribution in [3.8, 4) is 0 Å². The number of sulfonamides is 1. The van der Waals surface area contributed by atoms with E-state index in [1.54, 1.807) is 38.1 Å². The molecule has 0 atom stereocenters. The zero-order chi connectivity index (χ0) is 23.3. The summed E-state index contributed by atoms with van der Waals surface area (Å²) in [5.41, 5.74) is 3.31. The molecule has 0 radical (unpaired) electrons. The van der Waals surface area contributed by atoms with Crippen molar-refractivity contribution < 1.29 is 18.0 Å². The number of benzene rings is 2. The maximum absolute atomic E-state index is 12.7. The molecule has 1 heterocycles. The maximum atomic E-state index is 12.7. The van der Waals surface area contributed by atoms with Gasteiger partial charge in [0, 0.05) is 49.2 Å². The monoisotopic (exact) mass is 458 g/mol. The quantitative estimate of drug-likeness (QED) is 0.665. The highest BCUT2D eigenvalue weighted by molar-refractivity contribution is 7.89. The van der Waals surface area contributed by atoms with Gasteiger partial charge in [0.05, 0.1) is 0 Å². The Morgan fingerprint density at radius 1 is 0.938 bits per heavy atom. The molecule has 2 N–H and O–H groups in total. The van der Waals surface area contributed by atoms with Crippen LogP contribution in [0.1, 0.15) is 19.4 Å². The molecule has 1 saturated heterocycles. The molecule has 1 aliphatic rings. The fraction of sp³-hybridized carbons (Fsp3) is 0.391. The van der Waals surface area contributed by atoms with E-state index in [2.05, 4.69) is 21.6 Å². The molecule has 0 saturated carbocycles. The van der Waals surface area contributed by atoms with Crippen LogP contribution in [0.2, 0.25) is 0 Å². The molecule has 3 rings (SSSR count). The predicted octanol–water partition coefficient (Wildman–Crippen LogP) is 2.68. The van der Waals surface area contributed by atoms with Crippen molar-refractivity contribution in [3.63, 3.8) is 0 Å². The van der Waals surface area contributed by atoms with E-state index in [4.69, 9.17) is 0 Å². The average Bonchev–Trinajstić information content (AvgIpc) is 2.74. The number of carbonyl (C=O) groups excluding carboxylic acids is 2. The van der Waals surface area contributed by atoms with Gasteiger partial charge in [0.15, 0.2) is 0 Å². The molecule has 0 bridgehead atoms. The number of hydrogen-bond donors (Lipinski definition) is 2. The Labute approximate surface area is 189 Å². The van der Waals surface area contributed by atoms with Crippen LogP contribution in [0.25, 0.3) is 0 Å². The number of amides is 2. The lowest BCUT2D eigenvalue weighted by atomic mass is 10.2. The Bertz CT molecular complexity index is 1060. The second-order valence-corrected chi connectivity index (χ2v) is 10.2. The van der Waals surface area contributed by atoms with Crippen molar-refractivity contribution in [3.05, 3.63) is 54.1 Å². The first-order valence-corrected chi connectivity index (χ1v) is 12.3. The Balaban J connectivity index is 1.52. The van der Waals surface area contributed by atoms with E-state index in [0.29, 0.717) is 37.6 Å². The Morgan fingerprint density at radius 3 is 2.09 bits per heavy atom. The third-order valence-corrected chi connectivity index (χ3v) is 7.05. The molecule has 0 aromatic heterocycles. The van der Waals surface area contributed by atoms with Gasteiger partial charge >= 0.3 is 0 Å². The van der Waals surface area contributed by atoms with E-state index in [1.807, 2.05) is 25.1 Å². The summed E-state index contributed by atoms with van der Waals surface area (Å²) in [7, 11) is -3.71. The maximum Gasteiger partial charge on any atom is 0.241 e. The van der Waals surface area contributed by atoms with Gasteiger partial charge in [0.1, 0.15) is 5.75 Å². The van der Waals surface area contributed by atoms with Crippen molar-refractivity contribution in [2.24, 2.45) is 5.92 Å². The molecule has 2 aromatic rings. The highest BCUT2D eigenvalue weighted by atomic mass is 32.2. The summed E-state index contributed by atoms with van der Waals surface area (Å²) in [6.45, 7) is 7.46. The molecular formula is C23H30N4O4S. The van der Waals surface area contributed by atoms with E-state index in [9.17, 15) is 18.0 Å². The molecule has 172 valence electrons. The molecule has 1 fully saturated rings. The summed E-state index contributed by atoms with van der Waals surface area (Å²) < 4.78 is 26.8. The number of nitrogens with one attached hydrogen (secondary N) is 2. The average molecular weight is 459 g/mol. The molecule has 2 amide bonds. The molecular weight excluding hydrogens is 428 g/mol. The molecule has 8 nitrogen and oxygen atoms in total. The molecule has 0 unspecified atom stereocenters. The fourth-order valence-corrected chi connectivity index (χ4v) is 4.73. The standard InChI is InChI=1S/C23H30N4O4S/c1-17(2)23(29)25-20-9-7-19(8-10-20)24-22(28)16-32(30,31)27-13-11-26(12-14-27)21-6-4-5-18(3)15-21/h4-10,15,17H,11-14,16H2,1-3H3,(H,24,28)(H,25,29). The fourth-order valence-electron chi connectivity index (χ4n) is 3.43. The van der Waals surface area contributed by atoms with Crippen molar-refractivity contribution in [2.75, 3.05) is 47.5 Å². The van der Waals surface area contributed by atoms with E-state index in [0.717, 1.165) is 11.3 Å². The summed E-state index contributed by atoms with van der Waals surface area (Å²) in [6.07, 6.45) is 0. The summed E-state index contributed by atoms with van der Waals surface area (Å²) in [6, 6.07) is 14.7. The van der Waals surface area contributed by atoms with Gasteiger partial charge in [-0.1, -0.05) is 26.0 Å². The second-order valence-electron chi connectivity index (χ2n) is 8.25. The number of rotatable bonds is 7. The highest BCUT2D eigenvalue weighted by Crippen LogP contribution is 2.19. The number of nitrogens with zero attached hydrogens (tertiary/aromatic N) is 2. The highest BCUT2D eigenvalue weighted by Gasteiger charge is 2.29. The minimum absolute atomic E-state index is 0.102. The Kier molecular flexibility index (Phi) is 7.52. The van der Waals surface area contributed by atoms with Crippen molar-refractivity contribution >= 4 is 38.9 Å². The minimum atomic E-state index is -3.71. The number of anilines is 3. The number of piperazine rings is 1. The van der Waals surface area contributed by atoms with Crippen LogP contribution in [-0.2, 0) is 19.6 Å². The van der Waals surface area contributed by atoms with Gasteiger partial charge in [0.25, 0.3) is 0 Å². The van der Waals surface area contributed by atoms with Crippen LogP contribution in [0.15, 0.2) is 48.5 Å². The molecule has 9 heteroatoms. The van der Waals surface area contributed by atoms with Crippen LogP contribution >= 0.6 is 0 Å². The van der Waals surface area contributed by atoms with E-state index < -0.39 is 21.7 Å². The topological polar surface area (TPSA) is 98.8 Å². The summed E-state index contributed by atoms with van der Waals surface area (Å²) in [4.78, 5) is 26.2. The van der Waals surface area contributed by atoms with Crippen LogP contribution in [0.5, 0.6) is 0 Å². The molecule has 32 heavy (non-hydrogen) atoms. The first-order valence-electron chi connectivity index (χ1n) is 10.6. The van der Waals surface area contributed by atoms with Crippen LogP contribution in [0, 0.1) is 12.8 Å². The lowest BCUT2D eigenvalue weighted by Crippen LogP contribution is -2.50. The number of aryl methyl sites for hydroxylation is 1. The molecule has 0 aliphatic carbocycles. The Hall–Kier alpha value is -2.91. The third kappa shape index (κ3) is 6.30. The van der Waals surface area contributed by atoms with Gasteiger partial charge in [-0.3, -0.25) is 9.59 Å². The van der Waals surface area contributed by atoms with E-state index in [-0.39, 0.29) is 11.8 Å². The van der Waals surface area contributed by atoms with Gasteiger partial charge in [-0.15, -0.1) is 0 Å². The lowest BCUT2D eigenvalue weighted by molar-refractivity contribution is -0.119. The van der Waals surface area contributed by atoms with Crippen molar-refractivity contribution in [1.82, 2.24) is 4.31 Å². The first-order chi connectivity index (χ1) is 15.1. The summed E-state index contributed by atoms with van der Waals surface area (Å²) in [5.74, 6) is -1.44. The molecule has 2 aromatic carbocycles. The Morgan fingerprint density at radius 2 is 1.53 bits per heavy atom. The van der Waals surface area contributed by atoms with Gasteiger partial charge in [-0.25, -0.2) is 8.42 Å². The van der Waals surface area contributed by atoms with Crippen LogP contribution in [-0.4, -0.2) is 56.5 Å². The van der Waals surface area contributed by atoms with Gasteiger partial charge in [-0.05, 0) is 48.9 Å². The first kappa shape index (κ1) is 23.7. The number of carbonyl (C=O) groups is 2. The van der Waals surface area contributed by atoms with Crippen LogP contribution in [0.3, 0.4) is 0 Å². The SMILES string of the molecule is Cc1cccc(N2CCN(S(=O)(=O)CC(=O)Nc3ccc(NC(=O)C(C)C)cc3)CC2)c1. The van der Waals surface area contributed by atoms with Crippen molar-refractivity contribution in [1.29, 1.82) is 0 Å². The summed E-state index contributed by atoms with van der Waals surface area (Å²) in [5, 5.41) is 5.38. The largest absolute Gasteiger partial charge is 0.369 e. The van der Waals surface area contributed by atoms with E-state index in [1.165, 1.54) is 4.31 Å². The van der Waals surface area contributed by atoms with E-state index >= 15 is 0 Å². The molecule has 0 spiro atoms. The summed E-state index contributed by atoms with van der Waals surface area (Å²) >= 11 is 0. The number of hydrogen-bond acceptors (Lipinski definition) is 5. The predicted molar refractivity (Wildman–Crippen MR) is 127 cm³/mol. The minimum Gasteiger partial charge on any atom is -0.369 e. The third-order valence-electron chi connectivity index (χ3n) is 5.27. The smallest absolute Gasteiger partial charge is 0.241 e. The lowest BCUT2D eigenvalue weighted by Gasteiger charge is -2.35.